The Labute approximate surface area is 122 Å². The average molecular weight is 290 g/mol. The fourth-order valence-corrected chi connectivity index (χ4v) is 3.77. The molecule has 1 aliphatic rings. The van der Waals surface area contributed by atoms with E-state index in [1.165, 1.54) is 33.2 Å². The molecular formula is C15H18N2S2. The number of nitrogens with zero attached hydrogens (tertiary/aromatic N) is 1. The Bertz CT molecular complexity index is 547. The van der Waals surface area contributed by atoms with Gasteiger partial charge in [-0.2, -0.15) is 0 Å². The normalized spacial score (nSPS) is 14.8. The van der Waals surface area contributed by atoms with Crippen LogP contribution in [0.1, 0.15) is 28.3 Å². The summed E-state index contributed by atoms with van der Waals surface area (Å²) >= 11 is 3.70. The molecule has 19 heavy (non-hydrogen) atoms. The fraction of sp³-hybridized carbons (Fsp3) is 0.400. The van der Waals surface area contributed by atoms with Gasteiger partial charge < -0.3 is 5.32 Å². The number of thioether (sulfide) groups is 1. The first-order chi connectivity index (χ1) is 9.29. The summed E-state index contributed by atoms with van der Waals surface area (Å²) in [5.74, 6) is 0.970. The Kier molecular flexibility index (Phi) is 4.21. The minimum Gasteiger partial charge on any atom is -0.309 e. The molecule has 0 aliphatic heterocycles. The van der Waals surface area contributed by atoms with Gasteiger partial charge in [0.05, 0.1) is 5.75 Å². The van der Waals surface area contributed by atoms with E-state index in [9.17, 15) is 0 Å². The second-order valence-electron chi connectivity index (χ2n) is 4.98. The largest absolute Gasteiger partial charge is 0.309 e. The van der Waals surface area contributed by atoms with E-state index in [1.54, 1.807) is 0 Å². The van der Waals surface area contributed by atoms with Crippen LogP contribution in [0.4, 0.5) is 0 Å². The summed E-state index contributed by atoms with van der Waals surface area (Å²) in [5.41, 5.74) is 1.32. The van der Waals surface area contributed by atoms with Crippen molar-refractivity contribution in [1.29, 1.82) is 0 Å². The third-order valence-corrected chi connectivity index (χ3v) is 5.28. The lowest BCUT2D eigenvalue weighted by atomic mass is 10.2. The van der Waals surface area contributed by atoms with Crippen molar-refractivity contribution >= 4 is 23.1 Å². The molecule has 4 heteroatoms. The van der Waals surface area contributed by atoms with Crippen LogP contribution in [0.25, 0.3) is 0 Å². The zero-order valence-corrected chi connectivity index (χ0v) is 12.7. The maximum absolute atomic E-state index is 4.51. The third-order valence-electron chi connectivity index (χ3n) is 3.10. The highest BCUT2D eigenvalue weighted by atomic mass is 32.2. The zero-order chi connectivity index (χ0) is 13.1. The van der Waals surface area contributed by atoms with Gasteiger partial charge in [0, 0.05) is 28.6 Å². The van der Waals surface area contributed by atoms with Gasteiger partial charge in [-0.1, -0.05) is 17.7 Å². The zero-order valence-electron chi connectivity index (χ0n) is 11.1. The van der Waals surface area contributed by atoms with Crippen LogP contribution in [0, 0.1) is 6.92 Å². The molecule has 3 rings (SSSR count). The second-order valence-corrected chi connectivity index (χ2v) is 7.23. The van der Waals surface area contributed by atoms with Crippen LogP contribution < -0.4 is 5.32 Å². The Morgan fingerprint density at radius 1 is 1.42 bits per heavy atom. The van der Waals surface area contributed by atoms with Gasteiger partial charge in [0.15, 0.2) is 0 Å². The highest BCUT2D eigenvalue weighted by Crippen LogP contribution is 2.26. The minimum atomic E-state index is 0.771. The van der Waals surface area contributed by atoms with E-state index in [4.69, 9.17) is 0 Å². The van der Waals surface area contributed by atoms with Crippen molar-refractivity contribution in [3.63, 3.8) is 0 Å². The summed E-state index contributed by atoms with van der Waals surface area (Å²) in [4.78, 5) is 7.19. The molecular weight excluding hydrogens is 272 g/mol. The third kappa shape index (κ3) is 4.06. The minimum absolute atomic E-state index is 0.771. The van der Waals surface area contributed by atoms with Gasteiger partial charge in [-0.25, -0.2) is 4.98 Å². The van der Waals surface area contributed by atoms with Gasteiger partial charge in [0.1, 0.15) is 5.01 Å². The summed E-state index contributed by atoms with van der Waals surface area (Å²) in [7, 11) is 0. The van der Waals surface area contributed by atoms with Crippen LogP contribution in [-0.2, 0) is 12.3 Å². The SMILES string of the molecule is Cc1cccc(SCc2ncc(CNC3CC3)s2)c1. The van der Waals surface area contributed by atoms with Crippen molar-refractivity contribution in [3.05, 3.63) is 45.9 Å². The summed E-state index contributed by atoms with van der Waals surface area (Å²) in [6, 6.07) is 9.42. The van der Waals surface area contributed by atoms with E-state index in [0.29, 0.717) is 0 Å². The lowest BCUT2D eigenvalue weighted by Crippen LogP contribution is -2.14. The first-order valence-electron chi connectivity index (χ1n) is 6.66. The second kappa shape index (κ2) is 6.07. The molecule has 0 atom stereocenters. The van der Waals surface area contributed by atoms with Crippen LogP contribution in [0.5, 0.6) is 0 Å². The monoisotopic (exact) mass is 290 g/mol. The molecule has 2 aromatic rings. The van der Waals surface area contributed by atoms with Crippen LogP contribution in [0.15, 0.2) is 35.4 Å². The Morgan fingerprint density at radius 3 is 3.11 bits per heavy atom. The van der Waals surface area contributed by atoms with Gasteiger partial charge in [0.2, 0.25) is 0 Å². The molecule has 1 aliphatic carbocycles. The van der Waals surface area contributed by atoms with E-state index >= 15 is 0 Å². The fourth-order valence-electron chi connectivity index (χ4n) is 1.88. The van der Waals surface area contributed by atoms with Crippen molar-refractivity contribution in [2.75, 3.05) is 0 Å². The summed E-state index contributed by atoms with van der Waals surface area (Å²) < 4.78 is 0. The molecule has 0 bridgehead atoms. The van der Waals surface area contributed by atoms with Crippen LogP contribution in [0.2, 0.25) is 0 Å². The molecule has 1 aromatic heterocycles. The highest BCUT2D eigenvalue weighted by Gasteiger charge is 2.20. The number of benzene rings is 1. The van der Waals surface area contributed by atoms with Crippen LogP contribution in [0.3, 0.4) is 0 Å². The molecule has 0 unspecified atom stereocenters. The molecule has 1 N–H and O–H groups in total. The number of thiazole rings is 1. The maximum atomic E-state index is 4.51. The standard InChI is InChI=1S/C15H18N2S2/c1-11-3-2-4-13(7-11)18-10-15-17-9-14(19-15)8-16-12-5-6-12/h2-4,7,9,12,16H,5-6,8,10H2,1H3. The molecule has 0 spiro atoms. The lowest BCUT2D eigenvalue weighted by Gasteiger charge is -2.00. The summed E-state index contributed by atoms with van der Waals surface area (Å²) in [6.45, 7) is 3.12. The van der Waals surface area contributed by atoms with Crippen LogP contribution in [-0.4, -0.2) is 11.0 Å². The van der Waals surface area contributed by atoms with Crippen molar-refractivity contribution in [3.8, 4) is 0 Å². The van der Waals surface area contributed by atoms with Crippen molar-refractivity contribution < 1.29 is 0 Å². The Morgan fingerprint density at radius 2 is 2.32 bits per heavy atom. The molecule has 1 fully saturated rings. The van der Waals surface area contributed by atoms with Crippen molar-refractivity contribution in [2.45, 2.75) is 43.0 Å². The number of nitrogens with one attached hydrogen (secondary N) is 1. The predicted molar refractivity (Wildman–Crippen MR) is 82.7 cm³/mol. The predicted octanol–water partition coefficient (Wildman–Crippen LogP) is 4.00. The lowest BCUT2D eigenvalue weighted by molar-refractivity contribution is 0.694. The highest BCUT2D eigenvalue weighted by molar-refractivity contribution is 7.98. The van der Waals surface area contributed by atoms with Gasteiger partial charge in [-0.3, -0.25) is 0 Å². The quantitative estimate of drug-likeness (QED) is 0.814. The first-order valence-corrected chi connectivity index (χ1v) is 8.46. The molecule has 0 saturated heterocycles. The van der Waals surface area contributed by atoms with Crippen LogP contribution >= 0.6 is 23.1 Å². The van der Waals surface area contributed by atoms with Crippen molar-refractivity contribution in [2.24, 2.45) is 0 Å². The molecule has 1 aromatic carbocycles. The van der Waals surface area contributed by atoms with E-state index in [-0.39, 0.29) is 0 Å². The molecule has 1 heterocycles. The molecule has 100 valence electrons. The summed E-state index contributed by atoms with van der Waals surface area (Å²) in [6.07, 6.45) is 4.70. The topological polar surface area (TPSA) is 24.9 Å². The van der Waals surface area contributed by atoms with Crippen molar-refractivity contribution in [1.82, 2.24) is 10.3 Å². The average Bonchev–Trinajstić information content (AvgIpc) is 3.13. The van der Waals surface area contributed by atoms with E-state index < -0.39 is 0 Å². The molecule has 1 saturated carbocycles. The molecule has 2 nitrogen and oxygen atoms in total. The number of hydrogen-bond acceptors (Lipinski definition) is 4. The number of hydrogen-bond donors (Lipinski definition) is 1. The van der Waals surface area contributed by atoms with E-state index in [1.807, 2.05) is 29.3 Å². The first kappa shape index (κ1) is 13.2. The maximum Gasteiger partial charge on any atom is 0.103 e. The van der Waals surface area contributed by atoms with Gasteiger partial charge in [-0.05, 0) is 31.9 Å². The van der Waals surface area contributed by atoms with Gasteiger partial charge in [0.25, 0.3) is 0 Å². The summed E-state index contributed by atoms with van der Waals surface area (Å²) in [5, 5.41) is 4.75. The van der Waals surface area contributed by atoms with E-state index in [0.717, 1.165) is 18.3 Å². The molecule has 0 amide bonds. The molecule has 0 radical (unpaired) electrons. The number of aryl methyl sites for hydroxylation is 1. The van der Waals surface area contributed by atoms with Gasteiger partial charge in [-0.15, -0.1) is 23.1 Å². The van der Waals surface area contributed by atoms with E-state index in [2.05, 4.69) is 41.5 Å². The Hall–Kier alpha value is -0.840. The van der Waals surface area contributed by atoms with Gasteiger partial charge >= 0.3 is 0 Å². The smallest absolute Gasteiger partial charge is 0.103 e. The number of aromatic nitrogens is 1. The number of rotatable bonds is 6. The Balaban J connectivity index is 1.51.